The van der Waals surface area contributed by atoms with Crippen molar-refractivity contribution in [1.29, 1.82) is 0 Å². The molecule has 1 aromatic carbocycles. The summed E-state index contributed by atoms with van der Waals surface area (Å²) in [6.07, 6.45) is 0. The fourth-order valence-corrected chi connectivity index (χ4v) is 1.59. The molecule has 1 aromatic rings. The van der Waals surface area contributed by atoms with Crippen molar-refractivity contribution in [2.45, 2.75) is 6.92 Å². The molecule has 0 unspecified atom stereocenters. The molecule has 15 heavy (non-hydrogen) atoms. The summed E-state index contributed by atoms with van der Waals surface area (Å²) in [5, 5.41) is 5.90. The lowest BCUT2D eigenvalue weighted by molar-refractivity contribution is 0.376. The maximum absolute atomic E-state index is 13.4. The van der Waals surface area contributed by atoms with Crippen molar-refractivity contribution in [2.75, 3.05) is 13.6 Å². The molecular weight excluding hydrogens is 238 g/mol. The maximum Gasteiger partial charge on any atom is 0.160 e. The van der Waals surface area contributed by atoms with Crippen molar-refractivity contribution in [2.24, 2.45) is 5.10 Å². The fraction of sp³-hybridized carbons (Fsp3) is 0.300. The van der Waals surface area contributed by atoms with Crippen molar-refractivity contribution >= 4 is 28.4 Å². The van der Waals surface area contributed by atoms with E-state index in [1.807, 2.05) is 6.92 Å². The van der Waals surface area contributed by atoms with Crippen molar-refractivity contribution in [1.82, 2.24) is 5.01 Å². The normalized spacial score (nSPS) is 11.7. The third-order valence-electron chi connectivity index (χ3n) is 1.89. The van der Waals surface area contributed by atoms with Gasteiger partial charge in [0.1, 0.15) is 5.82 Å². The Morgan fingerprint density at radius 3 is 2.73 bits per heavy atom. The standard InChI is InChI=1S/C10H11Cl2FN2/c1-3-15(2)14-10(12)9-7(11)5-4-6-8(9)13/h4-6H,3H2,1-2H3/b14-10-. The predicted molar refractivity (Wildman–Crippen MR) is 62.1 cm³/mol. The molecule has 1 rings (SSSR count). The molecule has 82 valence electrons. The van der Waals surface area contributed by atoms with E-state index < -0.39 is 5.82 Å². The van der Waals surface area contributed by atoms with Gasteiger partial charge in [-0.15, -0.1) is 0 Å². The molecule has 5 heteroatoms. The first-order valence-corrected chi connectivity index (χ1v) is 5.21. The summed E-state index contributed by atoms with van der Waals surface area (Å²) >= 11 is 11.7. The van der Waals surface area contributed by atoms with Gasteiger partial charge >= 0.3 is 0 Å². The molecule has 0 heterocycles. The number of hydrogen-bond acceptors (Lipinski definition) is 2. The van der Waals surface area contributed by atoms with Gasteiger partial charge in [0.15, 0.2) is 5.17 Å². The predicted octanol–water partition coefficient (Wildman–Crippen LogP) is 3.33. The Kier molecular flexibility index (Phi) is 4.36. The number of hydrazone groups is 1. The second-order valence-corrected chi connectivity index (χ2v) is 3.73. The number of benzene rings is 1. The van der Waals surface area contributed by atoms with Crippen LogP contribution in [-0.2, 0) is 0 Å². The lowest BCUT2D eigenvalue weighted by Gasteiger charge is -2.11. The molecule has 0 saturated carbocycles. The number of nitrogens with zero attached hydrogens (tertiary/aromatic N) is 2. The first-order valence-electron chi connectivity index (χ1n) is 4.46. The van der Waals surface area contributed by atoms with Crippen LogP contribution in [0.15, 0.2) is 23.3 Å². The average molecular weight is 249 g/mol. The average Bonchev–Trinajstić information content (AvgIpc) is 2.17. The Morgan fingerprint density at radius 2 is 2.20 bits per heavy atom. The topological polar surface area (TPSA) is 15.6 Å². The van der Waals surface area contributed by atoms with Gasteiger partial charge in [-0.3, -0.25) is 5.01 Å². The molecule has 0 saturated heterocycles. The van der Waals surface area contributed by atoms with E-state index >= 15 is 0 Å². The Morgan fingerprint density at radius 1 is 1.53 bits per heavy atom. The summed E-state index contributed by atoms with van der Waals surface area (Å²) in [6, 6.07) is 4.39. The molecule has 2 nitrogen and oxygen atoms in total. The minimum absolute atomic E-state index is 0.0578. The minimum atomic E-state index is -0.472. The van der Waals surface area contributed by atoms with Gasteiger partial charge in [-0.25, -0.2) is 4.39 Å². The van der Waals surface area contributed by atoms with E-state index in [2.05, 4.69) is 5.10 Å². The van der Waals surface area contributed by atoms with Crippen LogP contribution in [0, 0.1) is 5.82 Å². The van der Waals surface area contributed by atoms with E-state index in [1.165, 1.54) is 12.1 Å². The van der Waals surface area contributed by atoms with Crippen molar-refractivity contribution < 1.29 is 4.39 Å². The number of halogens is 3. The zero-order chi connectivity index (χ0) is 11.4. The second kappa shape index (κ2) is 5.33. The first-order chi connectivity index (χ1) is 7.06. The maximum atomic E-state index is 13.4. The molecule has 0 bridgehead atoms. The minimum Gasteiger partial charge on any atom is -0.299 e. The quantitative estimate of drug-likeness (QED) is 0.592. The van der Waals surface area contributed by atoms with Crippen LogP contribution < -0.4 is 0 Å². The van der Waals surface area contributed by atoms with Gasteiger partial charge in [-0.1, -0.05) is 29.3 Å². The van der Waals surface area contributed by atoms with Gasteiger partial charge in [0.2, 0.25) is 0 Å². The van der Waals surface area contributed by atoms with E-state index in [9.17, 15) is 4.39 Å². The SMILES string of the molecule is CCN(C)/N=C(\Cl)c1c(F)cccc1Cl. The molecule has 0 radical (unpaired) electrons. The zero-order valence-electron chi connectivity index (χ0n) is 8.47. The van der Waals surface area contributed by atoms with Gasteiger partial charge < -0.3 is 0 Å². The summed E-state index contributed by atoms with van der Waals surface area (Å²) < 4.78 is 13.4. The van der Waals surface area contributed by atoms with Crippen molar-refractivity contribution in [3.8, 4) is 0 Å². The molecule has 0 atom stereocenters. The fourth-order valence-electron chi connectivity index (χ4n) is 0.965. The molecule has 0 fully saturated rings. The van der Waals surface area contributed by atoms with Gasteiger partial charge in [-0.2, -0.15) is 5.10 Å². The zero-order valence-corrected chi connectivity index (χ0v) is 9.98. The van der Waals surface area contributed by atoms with E-state index in [1.54, 1.807) is 18.1 Å². The van der Waals surface area contributed by atoms with Crippen LogP contribution in [0.5, 0.6) is 0 Å². The Balaban J connectivity index is 3.10. The van der Waals surface area contributed by atoms with Crippen LogP contribution >= 0.6 is 23.2 Å². The van der Waals surface area contributed by atoms with Crippen LogP contribution in [0.2, 0.25) is 5.02 Å². The third kappa shape index (κ3) is 3.08. The first kappa shape index (κ1) is 12.3. The van der Waals surface area contributed by atoms with Crippen LogP contribution in [0.1, 0.15) is 12.5 Å². The Bertz CT molecular complexity index is 359. The van der Waals surface area contributed by atoms with Crippen LogP contribution in [0.3, 0.4) is 0 Å². The van der Waals surface area contributed by atoms with Crippen LogP contribution in [0.4, 0.5) is 4.39 Å². The molecule has 0 amide bonds. The van der Waals surface area contributed by atoms with E-state index in [-0.39, 0.29) is 15.8 Å². The van der Waals surface area contributed by atoms with Crippen molar-refractivity contribution in [3.63, 3.8) is 0 Å². The summed E-state index contributed by atoms with van der Waals surface area (Å²) in [7, 11) is 1.75. The second-order valence-electron chi connectivity index (χ2n) is 2.96. The highest BCUT2D eigenvalue weighted by Gasteiger charge is 2.12. The van der Waals surface area contributed by atoms with Gasteiger partial charge in [0.25, 0.3) is 0 Å². The summed E-state index contributed by atoms with van der Waals surface area (Å²) in [6.45, 7) is 2.60. The van der Waals surface area contributed by atoms with Gasteiger partial charge in [0, 0.05) is 13.6 Å². The smallest absolute Gasteiger partial charge is 0.160 e. The van der Waals surface area contributed by atoms with Gasteiger partial charge in [0.05, 0.1) is 10.6 Å². The van der Waals surface area contributed by atoms with E-state index in [0.29, 0.717) is 6.54 Å². The van der Waals surface area contributed by atoms with Crippen molar-refractivity contribution in [3.05, 3.63) is 34.6 Å². The van der Waals surface area contributed by atoms with E-state index in [4.69, 9.17) is 23.2 Å². The Labute approximate surface area is 98.3 Å². The molecule has 0 aliphatic heterocycles. The summed E-state index contributed by atoms with van der Waals surface area (Å²) in [4.78, 5) is 0. The largest absolute Gasteiger partial charge is 0.299 e. The van der Waals surface area contributed by atoms with Crippen LogP contribution in [-0.4, -0.2) is 23.8 Å². The summed E-state index contributed by atoms with van der Waals surface area (Å²) in [5.41, 5.74) is 0.140. The molecule has 0 aliphatic rings. The highest BCUT2D eigenvalue weighted by Crippen LogP contribution is 2.21. The van der Waals surface area contributed by atoms with Crippen LogP contribution in [0.25, 0.3) is 0 Å². The number of rotatable bonds is 3. The molecule has 0 aromatic heterocycles. The molecular formula is C10H11Cl2FN2. The van der Waals surface area contributed by atoms with E-state index in [0.717, 1.165) is 0 Å². The monoisotopic (exact) mass is 248 g/mol. The molecule has 0 spiro atoms. The summed E-state index contributed by atoms with van der Waals surface area (Å²) in [5.74, 6) is -0.472. The van der Waals surface area contributed by atoms with Gasteiger partial charge in [-0.05, 0) is 19.1 Å². The lowest BCUT2D eigenvalue weighted by Crippen LogP contribution is -2.12. The number of hydrogen-bond donors (Lipinski definition) is 0. The lowest BCUT2D eigenvalue weighted by atomic mass is 10.2. The Hall–Kier alpha value is -0.800. The highest BCUT2D eigenvalue weighted by molar-refractivity contribution is 6.70. The third-order valence-corrected chi connectivity index (χ3v) is 2.46. The molecule has 0 aliphatic carbocycles. The highest BCUT2D eigenvalue weighted by atomic mass is 35.5. The molecule has 0 N–H and O–H groups in total.